The summed E-state index contributed by atoms with van der Waals surface area (Å²) < 4.78 is 5.68. The molecular formula is C35H40ClNO3S. The van der Waals surface area contributed by atoms with Gasteiger partial charge in [0.05, 0.1) is 6.61 Å². The Hall–Kier alpha value is -2.50. The van der Waals surface area contributed by atoms with Crippen LogP contribution < -0.4 is 4.74 Å². The van der Waals surface area contributed by atoms with E-state index >= 15 is 0 Å². The molecule has 1 saturated carbocycles. The van der Waals surface area contributed by atoms with Crippen LogP contribution in [0, 0.1) is 11.8 Å². The summed E-state index contributed by atoms with van der Waals surface area (Å²) in [4.78, 5) is 18.3. The summed E-state index contributed by atoms with van der Waals surface area (Å²) in [6.07, 6.45) is 10.5. The molecule has 1 unspecified atom stereocenters. The van der Waals surface area contributed by atoms with Crippen molar-refractivity contribution in [2.45, 2.75) is 92.6 Å². The number of aliphatic carboxylic acids is 1. The van der Waals surface area contributed by atoms with Gasteiger partial charge in [-0.3, -0.25) is 9.78 Å². The first kappa shape index (κ1) is 28.6. The number of hydrogen-bond donors (Lipinski definition) is 1. The molecule has 216 valence electrons. The lowest BCUT2D eigenvalue weighted by atomic mass is 9.61. The molecule has 3 aromatic rings. The summed E-state index contributed by atoms with van der Waals surface area (Å²) >= 11 is 7.72. The van der Waals surface area contributed by atoms with Crippen molar-refractivity contribution in [2.24, 2.45) is 11.8 Å². The monoisotopic (exact) mass is 589 g/mol. The maximum absolute atomic E-state index is 12.7. The van der Waals surface area contributed by atoms with Gasteiger partial charge in [-0.25, -0.2) is 0 Å². The summed E-state index contributed by atoms with van der Waals surface area (Å²) in [5.74, 6) is 1.66. The minimum atomic E-state index is -0.829. The van der Waals surface area contributed by atoms with Crippen LogP contribution in [0.25, 0.3) is 0 Å². The molecular weight excluding hydrogens is 550 g/mol. The summed E-state index contributed by atoms with van der Waals surface area (Å²) in [5, 5.41) is 11.1. The topological polar surface area (TPSA) is 59.4 Å². The maximum atomic E-state index is 12.7. The van der Waals surface area contributed by atoms with Gasteiger partial charge in [-0.05, 0) is 116 Å². The molecule has 1 aromatic heterocycles. The number of aryl methyl sites for hydroxylation is 1. The van der Waals surface area contributed by atoms with Crippen LogP contribution in [0.2, 0.25) is 5.02 Å². The van der Waals surface area contributed by atoms with Crippen LogP contribution in [0.1, 0.15) is 87.1 Å². The number of hydrogen-bond acceptors (Lipinski definition) is 4. The highest BCUT2D eigenvalue weighted by atomic mass is 35.5. The van der Waals surface area contributed by atoms with E-state index in [0.29, 0.717) is 42.2 Å². The Kier molecular flexibility index (Phi) is 8.13. The number of carboxylic acid groups (broad SMARTS) is 1. The van der Waals surface area contributed by atoms with Gasteiger partial charge in [-0.1, -0.05) is 55.8 Å². The number of carboxylic acids is 1. The number of benzene rings is 2. The van der Waals surface area contributed by atoms with E-state index in [-0.39, 0.29) is 5.41 Å². The van der Waals surface area contributed by atoms with Gasteiger partial charge in [-0.15, -0.1) is 11.8 Å². The zero-order chi connectivity index (χ0) is 28.6. The Balaban J connectivity index is 1.19. The van der Waals surface area contributed by atoms with Gasteiger partial charge >= 0.3 is 5.97 Å². The molecule has 1 N–H and O–H groups in total. The second-order valence-electron chi connectivity index (χ2n) is 12.7. The number of pyridine rings is 1. The van der Waals surface area contributed by atoms with Crippen molar-refractivity contribution in [1.82, 2.24) is 4.98 Å². The van der Waals surface area contributed by atoms with Gasteiger partial charge in [0.25, 0.3) is 0 Å². The Morgan fingerprint density at radius 1 is 1.15 bits per heavy atom. The van der Waals surface area contributed by atoms with Gasteiger partial charge in [0.2, 0.25) is 0 Å². The molecule has 2 aromatic carbocycles. The molecule has 1 fully saturated rings. The SMILES string of the molecule is C[C@@H](COc1ccnc2c1[C@H](C)CCC2)CC1Cc2ccccc2C12CCC(Sc1cccc(Cl)c1)(C(=O)O)CC2. The zero-order valence-corrected chi connectivity index (χ0v) is 25.6. The Morgan fingerprint density at radius 2 is 1.95 bits per heavy atom. The van der Waals surface area contributed by atoms with E-state index in [1.807, 2.05) is 36.5 Å². The quantitative estimate of drug-likeness (QED) is 0.284. The van der Waals surface area contributed by atoms with Crippen molar-refractivity contribution in [3.63, 3.8) is 0 Å². The number of thioether (sulfide) groups is 1. The largest absolute Gasteiger partial charge is 0.493 e. The second kappa shape index (κ2) is 11.6. The van der Waals surface area contributed by atoms with Crippen molar-refractivity contribution in [3.8, 4) is 5.75 Å². The second-order valence-corrected chi connectivity index (χ2v) is 14.6. The average molecular weight is 590 g/mol. The lowest BCUT2D eigenvalue weighted by Gasteiger charge is -2.46. The predicted octanol–water partition coefficient (Wildman–Crippen LogP) is 8.88. The molecule has 3 atom stereocenters. The Morgan fingerprint density at radius 3 is 2.73 bits per heavy atom. The van der Waals surface area contributed by atoms with E-state index in [0.717, 1.165) is 42.7 Å². The minimum absolute atomic E-state index is 0.0169. The number of fused-ring (bicyclic) bond motifs is 3. The molecule has 0 amide bonds. The zero-order valence-electron chi connectivity index (χ0n) is 24.1. The van der Waals surface area contributed by atoms with Crippen LogP contribution >= 0.6 is 23.4 Å². The van der Waals surface area contributed by atoms with Gasteiger partial charge in [0.1, 0.15) is 10.5 Å². The number of halogens is 1. The fraction of sp³-hybridized carbons (Fsp3) is 0.486. The van der Waals surface area contributed by atoms with E-state index in [4.69, 9.17) is 16.3 Å². The van der Waals surface area contributed by atoms with Crippen LogP contribution in [0.5, 0.6) is 5.75 Å². The third kappa shape index (κ3) is 5.52. The first-order valence-electron chi connectivity index (χ1n) is 15.2. The highest BCUT2D eigenvalue weighted by molar-refractivity contribution is 8.01. The molecule has 4 nitrogen and oxygen atoms in total. The first-order chi connectivity index (χ1) is 19.8. The highest BCUT2D eigenvalue weighted by Gasteiger charge is 2.54. The molecule has 3 aliphatic rings. The fourth-order valence-electron chi connectivity index (χ4n) is 7.92. The van der Waals surface area contributed by atoms with Crippen molar-refractivity contribution < 1.29 is 14.6 Å². The number of rotatable bonds is 8. The molecule has 41 heavy (non-hydrogen) atoms. The Labute approximate surface area is 253 Å². The van der Waals surface area contributed by atoms with Crippen LogP contribution in [-0.2, 0) is 23.1 Å². The van der Waals surface area contributed by atoms with Crippen LogP contribution in [-0.4, -0.2) is 27.4 Å². The summed E-state index contributed by atoms with van der Waals surface area (Å²) in [6.45, 7) is 5.29. The predicted molar refractivity (Wildman–Crippen MR) is 166 cm³/mol. The maximum Gasteiger partial charge on any atom is 0.320 e. The minimum Gasteiger partial charge on any atom is -0.493 e. The van der Waals surface area contributed by atoms with E-state index < -0.39 is 10.7 Å². The number of ether oxygens (including phenoxy) is 1. The number of nitrogens with zero attached hydrogens (tertiary/aromatic N) is 1. The fourth-order valence-corrected chi connectivity index (χ4v) is 9.46. The van der Waals surface area contributed by atoms with Crippen molar-refractivity contribution in [3.05, 3.63) is 88.2 Å². The third-order valence-corrected chi connectivity index (χ3v) is 11.7. The lowest BCUT2D eigenvalue weighted by Crippen LogP contribution is -2.46. The molecule has 0 bridgehead atoms. The van der Waals surface area contributed by atoms with Gasteiger partial charge in [0, 0.05) is 27.4 Å². The first-order valence-corrected chi connectivity index (χ1v) is 16.4. The molecule has 1 spiro atoms. The van der Waals surface area contributed by atoms with Crippen molar-refractivity contribution in [2.75, 3.05) is 6.61 Å². The molecule has 6 heteroatoms. The smallest absolute Gasteiger partial charge is 0.320 e. The van der Waals surface area contributed by atoms with Gasteiger partial charge in [-0.2, -0.15) is 0 Å². The molecule has 0 saturated heterocycles. The number of aromatic nitrogens is 1. The molecule has 6 rings (SSSR count). The average Bonchev–Trinajstić information content (AvgIpc) is 3.25. The highest BCUT2D eigenvalue weighted by Crippen LogP contribution is 2.58. The van der Waals surface area contributed by atoms with E-state index in [1.54, 1.807) is 0 Å². The summed E-state index contributed by atoms with van der Waals surface area (Å²) in [6, 6.07) is 18.5. The molecule has 0 aliphatic heterocycles. The Bertz CT molecular complexity index is 1420. The number of carbonyl (C=O) groups is 1. The molecule has 0 radical (unpaired) electrons. The normalized spacial score (nSPS) is 27.7. The van der Waals surface area contributed by atoms with Crippen molar-refractivity contribution >= 4 is 29.3 Å². The van der Waals surface area contributed by atoms with Gasteiger partial charge in [0.15, 0.2) is 0 Å². The van der Waals surface area contributed by atoms with Crippen molar-refractivity contribution in [1.29, 1.82) is 0 Å². The standard InChI is InChI=1S/C35H40ClNO3S/c1-23(22-40-31-13-18-37-30-12-5-7-24(2)32(30)31)19-26-20-25-8-3-4-11-29(25)34(26)14-16-35(17-15-34,33(38)39)41-28-10-6-9-27(36)21-28/h3-4,6,8-11,13,18,21,23-24,26H,5,7,12,14-17,19-20,22H2,1-2H3,(H,38,39)/t23-,24-,26?,34?,35?/m1/s1. The lowest BCUT2D eigenvalue weighted by molar-refractivity contribution is -0.141. The van der Waals surface area contributed by atoms with E-state index in [2.05, 4.69) is 43.1 Å². The molecule has 3 aliphatic carbocycles. The summed E-state index contributed by atoms with van der Waals surface area (Å²) in [7, 11) is 0. The summed E-state index contributed by atoms with van der Waals surface area (Å²) in [5.41, 5.74) is 5.42. The van der Waals surface area contributed by atoms with E-state index in [9.17, 15) is 9.90 Å². The molecule has 1 heterocycles. The van der Waals surface area contributed by atoms with Crippen LogP contribution in [0.4, 0.5) is 0 Å². The van der Waals surface area contributed by atoms with Crippen LogP contribution in [0.3, 0.4) is 0 Å². The third-order valence-electron chi connectivity index (χ3n) is 10.0. The van der Waals surface area contributed by atoms with E-state index in [1.165, 1.54) is 47.0 Å². The van der Waals surface area contributed by atoms with Crippen LogP contribution in [0.15, 0.2) is 65.7 Å². The van der Waals surface area contributed by atoms with Gasteiger partial charge < -0.3 is 9.84 Å².